The summed E-state index contributed by atoms with van der Waals surface area (Å²) >= 11 is 5.65. The number of nitro groups is 1. The Morgan fingerprint density at radius 2 is 2.44 bits per heavy atom. The minimum atomic E-state index is -0.523. The molecule has 0 saturated carbocycles. The number of nitrogens with one attached hydrogen (secondary N) is 1. The van der Waals surface area contributed by atoms with Gasteiger partial charge in [0, 0.05) is 24.8 Å². The van der Waals surface area contributed by atoms with Crippen LogP contribution >= 0.6 is 11.6 Å². The third-order valence-electron chi connectivity index (χ3n) is 2.15. The molecule has 1 aromatic heterocycles. The molecule has 0 aliphatic rings. The van der Waals surface area contributed by atoms with Crippen LogP contribution in [-0.2, 0) is 0 Å². The third-order valence-corrected chi connectivity index (χ3v) is 2.36. The minimum absolute atomic E-state index is 0.0348. The van der Waals surface area contributed by atoms with Crippen molar-refractivity contribution in [2.45, 2.75) is 19.4 Å². The molecule has 1 heterocycles. The van der Waals surface area contributed by atoms with E-state index in [1.165, 1.54) is 12.3 Å². The predicted octanol–water partition coefficient (Wildman–Crippen LogP) is 1.79. The van der Waals surface area contributed by atoms with Crippen molar-refractivity contribution < 1.29 is 4.92 Å². The lowest BCUT2D eigenvalue weighted by Gasteiger charge is -2.14. The second kappa shape index (κ2) is 5.62. The maximum Gasteiger partial charge on any atom is 0.312 e. The summed E-state index contributed by atoms with van der Waals surface area (Å²) in [6.07, 6.45) is 2.12. The zero-order valence-electron chi connectivity index (χ0n) is 8.81. The van der Waals surface area contributed by atoms with Crippen molar-refractivity contribution in [3.8, 4) is 0 Å². The molecule has 88 valence electrons. The standard InChI is InChI=1S/C9H13ClN4O2/c1-2-7(4-11)13-9-8(14(15)16)3-6(10)5-12-9/h3,5,7H,2,4,11H2,1H3,(H,12,13). The van der Waals surface area contributed by atoms with Crippen molar-refractivity contribution in [3.63, 3.8) is 0 Å². The van der Waals surface area contributed by atoms with Gasteiger partial charge in [0.1, 0.15) is 0 Å². The first-order valence-corrected chi connectivity index (χ1v) is 5.22. The highest BCUT2D eigenvalue weighted by atomic mass is 35.5. The van der Waals surface area contributed by atoms with Crippen molar-refractivity contribution in [2.24, 2.45) is 5.73 Å². The fourth-order valence-electron chi connectivity index (χ4n) is 1.20. The number of hydrogen-bond acceptors (Lipinski definition) is 5. The van der Waals surface area contributed by atoms with Gasteiger partial charge in [-0.2, -0.15) is 0 Å². The van der Waals surface area contributed by atoms with Gasteiger partial charge in [-0.3, -0.25) is 10.1 Å². The van der Waals surface area contributed by atoms with Crippen LogP contribution in [0, 0.1) is 10.1 Å². The quantitative estimate of drug-likeness (QED) is 0.608. The molecule has 3 N–H and O–H groups in total. The number of pyridine rings is 1. The monoisotopic (exact) mass is 244 g/mol. The summed E-state index contributed by atoms with van der Waals surface area (Å²) in [4.78, 5) is 14.1. The highest BCUT2D eigenvalue weighted by molar-refractivity contribution is 6.30. The maximum absolute atomic E-state index is 10.8. The molecule has 0 amide bonds. The Labute approximate surface area is 98.0 Å². The fourth-order valence-corrected chi connectivity index (χ4v) is 1.35. The van der Waals surface area contributed by atoms with Gasteiger partial charge in [-0.05, 0) is 6.42 Å². The van der Waals surface area contributed by atoms with Gasteiger partial charge in [0.15, 0.2) is 0 Å². The van der Waals surface area contributed by atoms with Crippen LogP contribution < -0.4 is 11.1 Å². The number of nitrogens with zero attached hydrogens (tertiary/aromatic N) is 2. The van der Waals surface area contributed by atoms with Gasteiger partial charge in [0.2, 0.25) is 5.82 Å². The summed E-state index contributed by atoms with van der Waals surface area (Å²) in [6, 6.07) is 1.23. The van der Waals surface area contributed by atoms with Gasteiger partial charge in [-0.15, -0.1) is 0 Å². The van der Waals surface area contributed by atoms with Crippen LogP contribution in [0.5, 0.6) is 0 Å². The van der Waals surface area contributed by atoms with Crippen LogP contribution in [0.1, 0.15) is 13.3 Å². The Hall–Kier alpha value is -1.40. The molecule has 0 spiro atoms. The molecule has 6 nitrogen and oxygen atoms in total. The van der Waals surface area contributed by atoms with Crippen LogP contribution in [0.15, 0.2) is 12.3 Å². The van der Waals surface area contributed by atoms with Crippen LogP contribution in [0.2, 0.25) is 5.02 Å². The lowest BCUT2D eigenvalue weighted by molar-refractivity contribution is -0.384. The molecule has 0 aromatic carbocycles. The summed E-state index contributed by atoms with van der Waals surface area (Å²) in [5.41, 5.74) is 5.36. The number of anilines is 1. The molecule has 1 aromatic rings. The van der Waals surface area contributed by atoms with Crippen LogP contribution in [0.3, 0.4) is 0 Å². The van der Waals surface area contributed by atoms with Gasteiger partial charge in [-0.1, -0.05) is 18.5 Å². The molecule has 7 heteroatoms. The average Bonchev–Trinajstić information content (AvgIpc) is 2.27. The first-order chi connectivity index (χ1) is 7.58. The number of nitrogens with two attached hydrogens (primary N) is 1. The zero-order chi connectivity index (χ0) is 12.1. The number of aromatic nitrogens is 1. The van der Waals surface area contributed by atoms with Crippen molar-refractivity contribution >= 4 is 23.1 Å². The van der Waals surface area contributed by atoms with Gasteiger partial charge < -0.3 is 11.1 Å². The van der Waals surface area contributed by atoms with E-state index in [0.29, 0.717) is 6.54 Å². The Kier molecular flexibility index (Phi) is 4.45. The Morgan fingerprint density at radius 3 is 2.94 bits per heavy atom. The predicted molar refractivity (Wildman–Crippen MR) is 62.7 cm³/mol. The Balaban J connectivity index is 2.98. The largest absolute Gasteiger partial charge is 0.360 e. The second-order valence-corrected chi connectivity index (χ2v) is 3.70. The van der Waals surface area contributed by atoms with E-state index in [1.54, 1.807) is 0 Å². The molecule has 0 fully saturated rings. The number of hydrogen-bond donors (Lipinski definition) is 2. The highest BCUT2D eigenvalue weighted by Gasteiger charge is 2.17. The van der Waals surface area contributed by atoms with Crippen LogP contribution in [0.4, 0.5) is 11.5 Å². The second-order valence-electron chi connectivity index (χ2n) is 3.26. The van der Waals surface area contributed by atoms with E-state index in [4.69, 9.17) is 17.3 Å². The molecule has 1 rings (SSSR count). The lowest BCUT2D eigenvalue weighted by Crippen LogP contribution is -2.28. The molecule has 0 saturated heterocycles. The number of halogens is 1. The fraction of sp³-hybridized carbons (Fsp3) is 0.444. The minimum Gasteiger partial charge on any atom is -0.360 e. The van der Waals surface area contributed by atoms with E-state index in [-0.39, 0.29) is 22.6 Å². The molecule has 0 aliphatic carbocycles. The van der Waals surface area contributed by atoms with Gasteiger partial charge in [0.05, 0.1) is 9.95 Å². The van der Waals surface area contributed by atoms with Crippen molar-refractivity contribution in [1.82, 2.24) is 4.98 Å². The van der Waals surface area contributed by atoms with E-state index in [0.717, 1.165) is 6.42 Å². The van der Waals surface area contributed by atoms with Crippen molar-refractivity contribution in [1.29, 1.82) is 0 Å². The van der Waals surface area contributed by atoms with Crippen LogP contribution in [0.25, 0.3) is 0 Å². The van der Waals surface area contributed by atoms with E-state index in [1.807, 2.05) is 6.92 Å². The molecular weight excluding hydrogens is 232 g/mol. The normalized spacial score (nSPS) is 12.2. The summed E-state index contributed by atoms with van der Waals surface area (Å²) in [5.74, 6) is 0.201. The van der Waals surface area contributed by atoms with E-state index >= 15 is 0 Å². The van der Waals surface area contributed by atoms with Crippen molar-refractivity contribution in [3.05, 3.63) is 27.4 Å². The molecule has 16 heavy (non-hydrogen) atoms. The average molecular weight is 245 g/mol. The van der Waals surface area contributed by atoms with Gasteiger partial charge in [0.25, 0.3) is 0 Å². The highest BCUT2D eigenvalue weighted by Crippen LogP contribution is 2.25. The van der Waals surface area contributed by atoms with E-state index < -0.39 is 4.92 Å². The molecule has 1 unspecified atom stereocenters. The first-order valence-electron chi connectivity index (χ1n) is 4.85. The lowest BCUT2D eigenvalue weighted by atomic mass is 10.2. The van der Waals surface area contributed by atoms with Crippen LogP contribution in [-0.4, -0.2) is 22.5 Å². The summed E-state index contributed by atoms with van der Waals surface area (Å²) in [7, 11) is 0. The SMILES string of the molecule is CCC(CN)Nc1ncc(Cl)cc1[N+](=O)[O-]. The molecular formula is C9H13ClN4O2. The Morgan fingerprint density at radius 1 is 1.75 bits per heavy atom. The summed E-state index contributed by atoms with van der Waals surface area (Å²) in [5, 5.41) is 13.9. The zero-order valence-corrected chi connectivity index (χ0v) is 9.57. The summed E-state index contributed by atoms with van der Waals surface area (Å²) < 4.78 is 0. The maximum atomic E-state index is 10.8. The van der Waals surface area contributed by atoms with E-state index in [2.05, 4.69) is 10.3 Å². The first kappa shape index (κ1) is 12.7. The Bertz CT molecular complexity index is 382. The molecule has 0 radical (unpaired) electrons. The topological polar surface area (TPSA) is 94.1 Å². The van der Waals surface area contributed by atoms with E-state index in [9.17, 15) is 10.1 Å². The third kappa shape index (κ3) is 3.04. The number of rotatable bonds is 5. The van der Waals surface area contributed by atoms with Gasteiger partial charge in [-0.25, -0.2) is 4.98 Å². The van der Waals surface area contributed by atoms with Crippen molar-refractivity contribution in [2.75, 3.05) is 11.9 Å². The molecule has 1 atom stereocenters. The molecule has 0 aliphatic heterocycles. The summed E-state index contributed by atoms with van der Waals surface area (Å²) in [6.45, 7) is 2.32. The smallest absolute Gasteiger partial charge is 0.312 e. The van der Waals surface area contributed by atoms with Gasteiger partial charge >= 0.3 is 5.69 Å². The molecule has 0 bridgehead atoms.